The summed E-state index contributed by atoms with van der Waals surface area (Å²) in [5, 5.41) is 0. The van der Waals surface area contributed by atoms with Gasteiger partial charge in [-0.3, -0.25) is 4.90 Å². The summed E-state index contributed by atoms with van der Waals surface area (Å²) in [7, 11) is 0. The van der Waals surface area contributed by atoms with Gasteiger partial charge in [-0.1, -0.05) is 13.8 Å². The number of hydrogen-bond donors (Lipinski definition) is 1. The van der Waals surface area contributed by atoms with Gasteiger partial charge in [0.25, 0.3) is 0 Å². The van der Waals surface area contributed by atoms with Crippen LogP contribution in [-0.2, 0) is 11.3 Å². The lowest BCUT2D eigenvalue weighted by Crippen LogP contribution is -2.32. The predicted molar refractivity (Wildman–Crippen MR) is 70.1 cm³/mol. The van der Waals surface area contributed by atoms with E-state index < -0.39 is 0 Å². The van der Waals surface area contributed by atoms with Crippen LogP contribution in [-0.4, -0.2) is 40.2 Å². The molecular weight excluding hydrogens is 226 g/mol. The molecule has 0 saturated carbocycles. The van der Waals surface area contributed by atoms with E-state index in [1.54, 1.807) is 6.33 Å². The number of aromatic amines is 1. The summed E-state index contributed by atoms with van der Waals surface area (Å²) in [6.07, 6.45) is 6.09. The number of aromatic nitrogens is 2. The highest BCUT2D eigenvalue weighted by atomic mass is 16.5. The highest BCUT2D eigenvalue weighted by Crippen LogP contribution is 2.40. The predicted octanol–water partition coefficient (Wildman–Crippen LogP) is 2.05. The Hall–Kier alpha value is -0.870. The summed E-state index contributed by atoms with van der Waals surface area (Å²) in [6, 6.07) is 0. The van der Waals surface area contributed by atoms with E-state index in [2.05, 4.69) is 28.7 Å². The maximum absolute atomic E-state index is 6.16. The minimum absolute atomic E-state index is 0.148. The first-order valence-electron chi connectivity index (χ1n) is 7.00. The van der Waals surface area contributed by atoms with Gasteiger partial charge in [0.1, 0.15) is 0 Å². The van der Waals surface area contributed by atoms with Gasteiger partial charge in [-0.2, -0.15) is 0 Å². The van der Waals surface area contributed by atoms with Gasteiger partial charge in [-0.15, -0.1) is 0 Å². The second-order valence-electron chi connectivity index (χ2n) is 6.24. The lowest BCUT2D eigenvalue weighted by atomic mass is 9.87. The fourth-order valence-electron chi connectivity index (χ4n) is 3.27. The second-order valence-corrected chi connectivity index (χ2v) is 6.24. The smallest absolute Gasteiger partial charge is 0.0922 e. The minimum Gasteiger partial charge on any atom is -0.373 e. The molecule has 3 heterocycles. The summed E-state index contributed by atoms with van der Waals surface area (Å²) in [4.78, 5) is 9.73. The number of ether oxygens (including phenoxy) is 1. The van der Waals surface area contributed by atoms with E-state index in [4.69, 9.17) is 4.74 Å². The monoisotopic (exact) mass is 249 g/mol. The van der Waals surface area contributed by atoms with Gasteiger partial charge in [-0.25, -0.2) is 4.98 Å². The third kappa shape index (κ3) is 2.31. The van der Waals surface area contributed by atoms with Gasteiger partial charge in [0.15, 0.2) is 0 Å². The maximum Gasteiger partial charge on any atom is 0.0922 e. The van der Waals surface area contributed by atoms with E-state index in [0.717, 1.165) is 38.1 Å². The number of nitrogens with one attached hydrogen (secondary N) is 1. The first-order valence-corrected chi connectivity index (χ1v) is 7.00. The Kier molecular flexibility index (Phi) is 3.16. The highest BCUT2D eigenvalue weighted by molar-refractivity contribution is 5.01. The Morgan fingerprint density at radius 2 is 2.50 bits per heavy atom. The molecule has 2 atom stereocenters. The van der Waals surface area contributed by atoms with Gasteiger partial charge in [0.05, 0.1) is 18.5 Å². The summed E-state index contributed by atoms with van der Waals surface area (Å²) in [6.45, 7) is 8.76. The van der Waals surface area contributed by atoms with Crippen molar-refractivity contribution in [3.63, 3.8) is 0 Å². The molecule has 0 amide bonds. The molecule has 1 spiro atoms. The van der Waals surface area contributed by atoms with Crippen LogP contribution in [0.3, 0.4) is 0 Å². The zero-order valence-corrected chi connectivity index (χ0v) is 11.4. The second kappa shape index (κ2) is 4.67. The van der Waals surface area contributed by atoms with Crippen LogP contribution >= 0.6 is 0 Å². The average molecular weight is 249 g/mol. The third-order valence-corrected chi connectivity index (χ3v) is 4.52. The molecule has 2 saturated heterocycles. The van der Waals surface area contributed by atoms with Crippen molar-refractivity contribution in [1.29, 1.82) is 0 Å². The summed E-state index contributed by atoms with van der Waals surface area (Å²) in [5.41, 5.74) is 1.35. The molecule has 0 aromatic carbocycles. The number of likely N-dealkylation sites (tertiary alicyclic amines) is 1. The fraction of sp³-hybridized carbons (Fsp3) is 0.786. The number of nitrogens with zero attached hydrogens (tertiary/aromatic N) is 2. The topological polar surface area (TPSA) is 41.1 Å². The van der Waals surface area contributed by atoms with Gasteiger partial charge >= 0.3 is 0 Å². The number of rotatable bonds is 3. The molecule has 0 radical (unpaired) electrons. The Balaban J connectivity index is 1.58. The van der Waals surface area contributed by atoms with Crippen LogP contribution in [0.1, 0.15) is 32.4 Å². The van der Waals surface area contributed by atoms with Crippen LogP contribution in [0.2, 0.25) is 0 Å². The molecule has 2 aliphatic heterocycles. The molecule has 100 valence electrons. The van der Waals surface area contributed by atoms with Crippen LogP contribution in [0.5, 0.6) is 0 Å². The van der Waals surface area contributed by atoms with Crippen LogP contribution in [0, 0.1) is 11.8 Å². The Labute approximate surface area is 109 Å². The Bertz CT molecular complexity index is 390. The van der Waals surface area contributed by atoms with E-state index >= 15 is 0 Å². The molecule has 0 aliphatic carbocycles. The molecule has 1 aromatic rings. The zero-order chi connectivity index (χ0) is 12.6. The largest absolute Gasteiger partial charge is 0.373 e. The zero-order valence-electron chi connectivity index (χ0n) is 11.4. The van der Waals surface area contributed by atoms with E-state index in [1.165, 1.54) is 18.5 Å². The van der Waals surface area contributed by atoms with E-state index in [9.17, 15) is 0 Å². The van der Waals surface area contributed by atoms with Gasteiger partial charge in [0.2, 0.25) is 0 Å². The first-order chi connectivity index (χ1) is 8.67. The van der Waals surface area contributed by atoms with Gasteiger partial charge < -0.3 is 9.72 Å². The summed E-state index contributed by atoms with van der Waals surface area (Å²) in [5.74, 6) is 1.49. The quantitative estimate of drug-likeness (QED) is 0.891. The van der Waals surface area contributed by atoms with Crippen molar-refractivity contribution in [1.82, 2.24) is 14.9 Å². The molecule has 1 N–H and O–H groups in total. The number of H-pyrrole nitrogens is 1. The molecular formula is C14H23N3O. The first kappa shape index (κ1) is 12.2. The summed E-state index contributed by atoms with van der Waals surface area (Å²) < 4.78 is 6.16. The molecule has 1 aromatic heterocycles. The molecule has 18 heavy (non-hydrogen) atoms. The molecule has 3 rings (SSSR count). The summed E-state index contributed by atoms with van der Waals surface area (Å²) >= 11 is 0. The lowest BCUT2D eigenvalue weighted by molar-refractivity contribution is 0.0105. The maximum atomic E-state index is 6.16. The van der Waals surface area contributed by atoms with Crippen molar-refractivity contribution in [2.45, 2.75) is 38.8 Å². The Morgan fingerprint density at radius 3 is 3.17 bits per heavy atom. The van der Waals surface area contributed by atoms with Crippen molar-refractivity contribution in [2.24, 2.45) is 11.8 Å². The van der Waals surface area contributed by atoms with Gasteiger partial charge in [0, 0.05) is 31.5 Å². The van der Waals surface area contributed by atoms with Crippen LogP contribution in [0.4, 0.5) is 0 Å². The highest BCUT2D eigenvalue weighted by Gasteiger charge is 2.45. The van der Waals surface area contributed by atoms with E-state index in [1.807, 2.05) is 6.20 Å². The van der Waals surface area contributed by atoms with Crippen LogP contribution in [0.25, 0.3) is 0 Å². The van der Waals surface area contributed by atoms with Crippen LogP contribution in [0.15, 0.2) is 12.5 Å². The molecule has 2 fully saturated rings. The minimum atomic E-state index is 0.148. The lowest BCUT2D eigenvalue weighted by Gasteiger charge is -2.23. The van der Waals surface area contributed by atoms with Crippen molar-refractivity contribution in [2.75, 3.05) is 19.7 Å². The fourth-order valence-corrected chi connectivity index (χ4v) is 3.27. The van der Waals surface area contributed by atoms with Gasteiger partial charge in [-0.05, 0) is 24.7 Å². The molecule has 0 unspecified atom stereocenters. The number of imidazole rings is 1. The van der Waals surface area contributed by atoms with Crippen molar-refractivity contribution >= 4 is 0 Å². The Morgan fingerprint density at radius 1 is 1.61 bits per heavy atom. The molecule has 0 bridgehead atoms. The third-order valence-electron chi connectivity index (χ3n) is 4.52. The normalized spacial score (nSPS) is 32.9. The standard InChI is InChI=1S/C14H23N3O/c1-11(2)12-5-14(18-8-12)3-4-17(9-14)7-13-6-15-10-16-13/h6,10-12H,3-5,7-9H2,1-2H3,(H,15,16)/t12-,14-/m0/s1. The molecule has 4 heteroatoms. The van der Waals surface area contributed by atoms with Crippen LogP contribution < -0.4 is 0 Å². The number of hydrogen-bond acceptors (Lipinski definition) is 3. The van der Waals surface area contributed by atoms with E-state index in [0.29, 0.717) is 0 Å². The van der Waals surface area contributed by atoms with Crippen molar-refractivity contribution in [3.8, 4) is 0 Å². The van der Waals surface area contributed by atoms with Crippen molar-refractivity contribution < 1.29 is 4.74 Å². The SMILES string of the molecule is CC(C)[C@@H]1CO[C@@]2(CCN(Cc3cnc[nH]3)C2)C1. The van der Waals surface area contributed by atoms with Crippen molar-refractivity contribution in [3.05, 3.63) is 18.2 Å². The van der Waals surface area contributed by atoms with E-state index in [-0.39, 0.29) is 5.60 Å². The molecule has 4 nitrogen and oxygen atoms in total. The average Bonchev–Trinajstić information content (AvgIpc) is 3.03. The molecule has 2 aliphatic rings.